The van der Waals surface area contributed by atoms with Crippen LogP contribution in [0, 0.1) is 38.5 Å². The lowest BCUT2D eigenvalue weighted by atomic mass is 9.87. The van der Waals surface area contributed by atoms with Crippen LogP contribution in [0.1, 0.15) is 114 Å². The van der Waals surface area contributed by atoms with Gasteiger partial charge >= 0.3 is 0 Å². The van der Waals surface area contributed by atoms with Gasteiger partial charge in [0, 0.05) is 16.7 Å². The highest BCUT2D eigenvalue weighted by molar-refractivity contribution is 5.49. The number of nitrogens with zero attached hydrogens (tertiary/aromatic N) is 6. The van der Waals surface area contributed by atoms with E-state index in [2.05, 4.69) is 167 Å². The maximum atomic E-state index is 2.36. The second-order valence-corrected chi connectivity index (χ2v) is 13.9. The zero-order valence-corrected chi connectivity index (χ0v) is 28.5. The van der Waals surface area contributed by atoms with E-state index in [1.54, 1.807) is 0 Å². The summed E-state index contributed by atoms with van der Waals surface area (Å²) in [5.41, 5.74) is 8.57. The van der Waals surface area contributed by atoms with E-state index in [0.29, 0.717) is 35.9 Å². The molecule has 0 radical (unpaired) electrons. The molecule has 6 nitrogen and oxygen atoms in total. The van der Waals surface area contributed by atoms with Crippen molar-refractivity contribution in [2.75, 3.05) is 0 Å². The van der Waals surface area contributed by atoms with Crippen LogP contribution in [-0.2, 0) is 19.6 Å². The minimum Gasteiger partial charge on any atom is -0.234 e. The highest BCUT2D eigenvalue weighted by Crippen LogP contribution is 2.28. The van der Waals surface area contributed by atoms with Crippen molar-refractivity contribution < 1.29 is 13.7 Å². The first-order valence-corrected chi connectivity index (χ1v) is 16.1. The fraction of sp³-hybridized carbons (Fsp3) is 0.583. The molecule has 228 valence electrons. The van der Waals surface area contributed by atoms with Crippen molar-refractivity contribution in [3.8, 4) is 0 Å². The maximum absolute atomic E-state index is 2.36. The second kappa shape index (κ2) is 13.0. The predicted octanol–water partition coefficient (Wildman–Crippen LogP) is 6.67. The number of imidazole rings is 3. The van der Waals surface area contributed by atoms with Crippen molar-refractivity contribution in [2.24, 2.45) is 17.8 Å². The van der Waals surface area contributed by atoms with Crippen molar-refractivity contribution in [3.05, 3.63) is 89.5 Å². The first kappa shape index (κ1) is 31.8. The first-order valence-electron chi connectivity index (χ1n) is 16.1. The molecule has 3 heterocycles. The molecule has 3 atom stereocenters. The largest absolute Gasteiger partial charge is 0.244 e. The van der Waals surface area contributed by atoms with E-state index in [1.165, 1.54) is 33.4 Å². The Kier molecular flexibility index (Phi) is 9.84. The molecule has 0 fully saturated rings. The lowest BCUT2D eigenvalue weighted by molar-refractivity contribution is -0.690. The molecule has 0 N–H and O–H groups in total. The van der Waals surface area contributed by atoms with Gasteiger partial charge in [0.2, 0.25) is 19.0 Å². The summed E-state index contributed by atoms with van der Waals surface area (Å²) < 4.78 is 14.1. The average Bonchev–Trinajstić information content (AvgIpc) is 3.71. The summed E-state index contributed by atoms with van der Waals surface area (Å²) >= 11 is 0. The zero-order chi connectivity index (χ0) is 30.9. The zero-order valence-electron chi connectivity index (χ0n) is 28.5. The standard InChI is InChI=1S/C36H57N6/c1-25(2)31(10)40-16-13-37(22-40)19-34-28(7)35(20-38-14-17-41(23-38)32(11)26(3)4)30(9)36(29(34)8)21-39-15-18-42(24-39)33(12)27(5)6/h13-18,22-27,31-33H,19-21H2,1-12H3/q+3/t31-,32-,33-/m1/s1. The van der Waals surface area contributed by atoms with Gasteiger partial charge in [-0.25, -0.2) is 27.4 Å². The van der Waals surface area contributed by atoms with Gasteiger partial charge in [0.05, 0.1) is 18.1 Å². The van der Waals surface area contributed by atoms with Gasteiger partial charge in [0.25, 0.3) is 0 Å². The summed E-state index contributed by atoms with van der Waals surface area (Å²) in [5.74, 6) is 1.78. The van der Waals surface area contributed by atoms with Gasteiger partial charge in [-0.3, -0.25) is 0 Å². The molecule has 0 saturated heterocycles. The van der Waals surface area contributed by atoms with Crippen LogP contribution >= 0.6 is 0 Å². The number of rotatable bonds is 12. The van der Waals surface area contributed by atoms with Gasteiger partial charge in [-0.2, -0.15) is 0 Å². The van der Waals surface area contributed by atoms with Crippen molar-refractivity contribution in [1.29, 1.82) is 0 Å². The van der Waals surface area contributed by atoms with Crippen LogP contribution < -0.4 is 13.7 Å². The minimum absolute atomic E-state index is 0.472. The Balaban J connectivity index is 1.76. The number of hydrogen-bond acceptors (Lipinski definition) is 0. The van der Waals surface area contributed by atoms with Crippen molar-refractivity contribution in [3.63, 3.8) is 0 Å². The van der Waals surface area contributed by atoms with Gasteiger partial charge in [-0.05, 0) is 76.0 Å². The highest BCUT2D eigenvalue weighted by Gasteiger charge is 2.24. The first-order chi connectivity index (χ1) is 19.8. The van der Waals surface area contributed by atoms with Gasteiger partial charge in [0.15, 0.2) is 0 Å². The quantitative estimate of drug-likeness (QED) is 0.169. The number of aromatic nitrogens is 6. The van der Waals surface area contributed by atoms with Crippen LogP contribution in [0.2, 0.25) is 0 Å². The molecular weight excluding hydrogens is 516 g/mol. The van der Waals surface area contributed by atoms with Crippen molar-refractivity contribution in [1.82, 2.24) is 13.7 Å². The molecule has 0 aliphatic heterocycles. The Labute approximate surface area is 255 Å². The summed E-state index contributed by atoms with van der Waals surface area (Å²) in [6.07, 6.45) is 20.3. The van der Waals surface area contributed by atoms with Crippen molar-refractivity contribution in [2.45, 2.75) is 121 Å². The van der Waals surface area contributed by atoms with Crippen molar-refractivity contribution >= 4 is 0 Å². The molecule has 0 saturated carbocycles. The molecule has 0 aliphatic rings. The van der Waals surface area contributed by atoms with E-state index >= 15 is 0 Å². The molecule has 0 bridgehead atoms. The molecule has 4 rings (SSSR count). The Morgan fingerprint density at radius 2 is 0.690 bits per heavy atom. The highest BCUT2D eigenvalue weighted by atomic mass is 15.1. The third-order valence-corrected chi connectivity index (χ3v) is 10.2. The maximum Gasteiger partial charge on any atom is 0.244 e. The lowest BCUT2D eigenvalue weighted by Gasteiger charge is -2.20. The van der Waals surface area contributed by atoms with Crippen LogP contribution in [0.15, 0.2) is 56.2 Å². The predicted molar refractivity (Wildman–Crippen MR) is 170 cm³/mol. The normalized spacial score (nSPS) is 14.4. The number of benzene rings is 1. The van der Waals surface area contributed by atoms with Crippen LogP contribution in [-0.4, -0.2) is 13.7 Å². The molecular formula is C36H57N6+3. The average molecular weight is 574 g/mol. The lowest BCUT2D eigenvalue weighted by Crippen LogP contribution is -2.37. The summed E-state index contributed by atoms with van der Waals surface area (Å²) in [7, 11) is 0. The van der Waals surface area contributed by atoms with Crippen LogP contribution in [0.5, 0.6) is 0 Å². The fourth-order valence-electron chi connectivity index (χ4n) is 5.92. The van der Waals surface area contributed by atoms with E-state index in [9.17, 15) is 0 Å². The van der Waals surface area contributed by atoms with E-state index in [4.69, 9.17) is 0 Å². The summed E-state index contributed by atoms with van der Waals surface area (Å²) in [4.78, 5) is 0. The summed E-state index contributed by atoms with van der Waals surface area (Å²) in [6, 6.07) is 1.42. The Hall–Kier alpha value is -3.15. The third kappa shape index (κ3) is 6.74. The van der Waals surface area contributed by atoms with Gasteiger partial charge in [-0.1, -0.05) is 41.5 Å². The number of hydrogen-bond donors (Lipinski definition) is 0. The smallest absolute Gasteiger partial charge is 0.234 e. The fourth-order valence-corrected chi connectivity index (χ4v) is 5.92. The van der Waals surface area contributed by atoms with Gasteiger partial charge < -0.3 is 0 Å². The molecule has 4 aromatic rings. The Bertz CT molecular complexity index is 1280. The monoisotopic (exact) mass is 573 g/mol. The van der Waals surface area contributed by atoms with Gasteiger partial charge in [-0.15, -0.1) is 0 Å². The van der Waals surface area contributed by atoms with E-state index in [0.717, 1.165) is 19.6 Å². The van der Waals surface area contributed by atoms with E-state index < -0.39 is 0 Å². The van der Waals surface area contributed by atoms with Gasteiger partial charge in [0.1, 0.15) is 56.8 Å². The summed E-state index contributed by atoms with van der Waals surface area (Å²) in [5, 5.41) is 0. The molecule has 0 aliphatic carbocycles. The van der Waals surface area contributed by atoms with Crippen LogP contribution in [0.25, 0.3) is 0 Å². The third-order valence-electron chi connectivity index (χ3n) is 10.2. The Morgan fingerprint density at radius 1 is 0.452 bits per heavy atom. The van der Waals surface area contributed by atoms with E-state index in [1.807, 2.05) is 0 Å². The molecule has 6 heteroatoms. The molecule has 42 heavy (non-hydrogen) atoms. The molecule has 0 spiro atoms. The van der Waals surface area contributed by atoms with Crippen LogP contribution in [0.3, 0.4) is 0 Å². The minimum atomic E-state index is 0.472. The molecule has 1 aromatic carbocycles. The Morgan fingerprint density at radius 3 is 0.905 bits per heavy atom. The van der Waals surface area contributed by atoms with Crippen LogP contribution in [0.4, 0.5) is 0 Å². The second-order valence-electron chi connectivity index (χ2n) is 13.9. The topological polar surface area (TPSA) is 26.4 Å². The molecule has 0 amide bonds. The summed E-state index contributed by atoms with van der Waals surface area (Å²) in [6.45, 7) is 30.3. The van der Waals surface area contributed by atoms with E-state index in [-0.39, 0.29) is 0 Å². The SMILES string of the molecule is Cc1c(C[n+]2ccn([C@H](C)C(C)C)c2)c(C)c(C[n+]2ccn([C@H](C)C(C)C)c2)c(C)c1C[n+]1ccn([C@H](C)C(C)C)c1. The molecule has 0 unspecified atom stereocenters. The molecule has 3 aromatic heterocycles.